The lowest BCUT2D eigenvalue weighted by Crippen LogP contribution is -2.29. The number of rotatable bonds is 3. The van der Waals surface area contributed by atoms with Crippen molar-refractivity contribution in [2.75, 3.05) is 5.88 Å². The molecule has 0 aliphatic heterocycles. The van der Waals surface area contributed by atoms with Gasteiger partial charge in [0, 0.05) is 11.9 Å². The van der Waals surface area contributed by atoms with E-state index in [2.05, 4.69) is 13.8 Å². The third kappa shape index (κ3) is 2.53. The Kier molecular flexibility index (Phi) is 4.29. The smallest absolute Gasteiger partial charge is 0.0377 e. The average molecular weight is 136 g/mol. The molecule has 0 unspecified atom stereocenters. The van der Waals surface area contributed by atoms with Gasteiger partial charge in [0.1, 0.15) is 0 Å². The largest absolute Gasteiger partial charge is 0.326 e. The van der Waals surface area contributed by atoms with Crippen molar-refractivity contribution in [1.29, 1.82) is 0 Å². The van der Waals surface area contributed by atoms with Crippen LogP contribution in [0.15, 0.2) is 0 Å². The molecule has 8 heavy (non-hydrogen) atoms. The maximum Gasteiger partial charge on any atom is 0.0377 e. The van der Waals surface area contributed by atoms with E-state index in [0.717, 1.165) is 6.42 Å². The Bertz CT molecular complexity index is 48.5. The first-order valence-corrected chi connectivity index (χ1v) is 3.57. The molecule has 0 amide bonds. The molecule has 0 aliphatic rings. The summed E-state index contributed by atoms with van der Waals surface area (Å²) in [7, 11) is 0. The van der Waals surface area contributed by atoms with E-state index in [1.54, 1.807) is 0 Å². The van der Waals surface area contributed by atoms with Gasteiger partial charge in [0.05, 0.1) is 0 Å². The van der Waals surface area contributed by atoms with Crippen molar-refractivity contribution in [1.82, 2.24) is 0 Å². The molecule has 0 fully saturated rings. The second kappa shape index (κ2) is 4.16. The molecule has 0 aliphatic carbocycles. The lowest BCUT2D eigenvalue weighted by atomic mass is 10.0. The van der Waals surface area contributed by atoms with Crippen LogP contribution in [-0.2, 0) is 0 Å². The Morgan fingerprint density at radius 2 is 2.12 bits per heavy atom. The van der Waals surface area contributed by atoms with Crippen LogP contribution in [0.2, 0.25) is 0 Å². The third-order valence-corrected chi connectivity index (χ3v) is 1.91. The van der Waals surface area contributed by atoms with Crippen LogP contribution in [0, 0.1) is 5.92 Å². The number of nitrogens with two attached hydrogens (primary N) is 1. The van der Waals surface area contributed by atoms with Crippen molar-refractivity contribution in [2.45, 2.75) is 26.3 Å². The van der Waals surface area contributed by atoms with Gasteiger partial charge < -0.3 is 5.73 Å². The van der Waals surface area contributed by atoms with E-state index in [4.69, 9.17) is 17.3 Å². The lowest BCUT2D eigenvalue weighted by Gasteiger charge is -2.13. The molecule has 2 atom stereocenters. The lowest BCUT2D eigenvalue weighted by molar-refractivity contribution is 0.473. The van der Waals surface area contributed by atoms with Crippen molar-refractivity contribution in [3.05, 3.63) is 0 Å². The predicted molar refractivity (Wildman–Crippen MR) is 38.2 cm³/mol. The standard InChI is InChI=1S/C6H14ClN/c1-3-5(2)6(8)4-7/h5-6H,3-4,8H2,1-2H3/t5-,6-/m0/s1. The van der Waals surface area contributed by atoms with E-state index in [9.17, 15) is 0 Å². The van der Waals surface area contributed by atoms with Crippen molar-refractivity contribution in [3.63, 3.8) is 0 Å². The molecular formula is C6H14ClN. The van der Waals surface area contributed by atoms with Gasteiger partial charge in [0.2, 0.25) is 0 Å². The predicted octanol–water partition coefficient (Wildman–Crippen LogP) is 1.60. The van der Waals surface area contributed by atoms with Gasteiger partial charge >= 0.3 is 0 Å². The fourth-order valence-corrected chi connectivity index (χ4v) is 0.759. The van der Waals surface area contributed by atoms with Crippen LogP contribution >= 0.6 is 11.6 Å². The Balaban J connectivity index is 3.29. The highest BCUT2D eigenvalue weighted by molar-refractivity contribution is 6.18. The Labute approximate surface area is 56.2 Å². The van der Waals surface area contributed by atoms with E-state index in [0.29, 0.717) is 11.8 Å². The Morgan fingerprint density at radius 3 is 2.25 bits per heavy atom. The maximum atomic E-state index is 5.60. The summed E-state index contributed by atoms with van der Waals surface area (Å²) in [5.41, 5.74) is 5.60. The molecule has 2 N–H and O–H groups in total. The first kappa shape index (κ1) is 8.25. The first-order valence-electron chi connectivity index (χ1n) is 3.03. The third-order valence-electron chi connectivity index (χ3n) is 1.55. The van der Waals surface area contributed by atoms with Crippen LogP contribution in [-0.4, -0.2) is 11.9 Å². The molecule has 0 aromatic rings. The summed E-state index contributed by atoms with van der Waals surface area (Å²) in [6.07, 6.45) is 1.12. The van der Waals surface area contributed by atoms with Gasteiger partial charge in [-0.05, 0) is 5.92 Å². The minimum absolute atomic E-state index is 0.182. The average Bonchev–Trinajstić information content (AvgIpc) is 1.84. The van der Waals surface area contributed by atoms with Crippen LogP contribution in [0.5, 0.6) is 0 Å². The van der Waals surface area contributed by atoms with Crippen molar-refractivity contribution in [2.24, 2.45) is 11.7 Å². The monoisotopic (exact) mass is 135 g/mol. The topological polar surface area (TPSA) is 26.0 Å². The van der Waals surface area contributed by atoms with E-state index in [-0.39, 0.29) is 6.04 Å². The highest BCUT2D eigenvalue weighted by Crippen LogP contribution is 2.05. The van der Waals surface area contributed by atoms with Crippen molar-refractivity contribution >= 4 is 11.6 Å². The fraction of sp³-hybridized carbons (Fsp3) is 1.00. The molecule has 2 heteroatoms. The summed E-state index contributed by atoms with van der Waals surface area (Å²) in [4.78, 5) is 0. The number of hydrogen-bond acceptors (Lipinski definition) is 1. The number of halogens is 1. The zero-order chi connectivity index (χ0) is 6.57. The highest BCUT2D eigenvalue weighted by atomic mass is 35.5. The van der Waals surface area contributed by atoms with Gasteiger partial charge in [-0.1, -0.05) is 20.3 Å². The molecule has 0 aromatic carbocycles. The maximum absolute atomic E-state index is 5.60. The van der Waals surface area contributed by atoms with E-state index < -0.39 is 0 Å². The minimum Gasteiger partial charge on any atom is -0.326 e. The number of alkyl halides is 1. The second-order valence-electron chi connectivity index (χ2n) is 2.20. The molecule has 0 saturated carbocycles. The first-order chi connectivity index (χ1) is 3.72. The Morgan fingerprint density at radius 1 is 1.62 bits per heavy atom. The molecule has 0 spiro atoms. The van der Waals surface area contributed by atoms with Gasteiger partial charge in [0.15, 0.2) is 0 Å². The molecule has 0 saturated heterocycles. The molecule has 0 radical (unpaired) electrons. The quantitative estimate of drug-likeness (QED) is 0.585. The van der Waals surface area contributed by atoms with Crippen LogP contribution in [0.1, 0.15) is 20.3 Å². The Hall–Kier alpha value is 0.250. The zero-order valence-corrected chi connectivity index (χ0v) is 6.28. The van der Waals surface area contributed by atoms with Gasteiger partial charge in [-0.2, -0.15) is 0 Å². The summed E-state index contributed by atoms with van der Waals surface area (Å²) in [5, 5.41) is 0. The summed E-state index contributed by atoms with van der Waals surface area (Å²) in [6, 6.07) is 0.182. The normalized spacial score (nSPS) is 18.0. The molecule has 0 heterocycles. The molecule has 0 rings (SSSR count). The molecule has 0 bridgehead atoms. The van der Waals surface area contributed by atoms with Gasteiger partial charge in [0.25, 0.3) is 0 Å². The summed E-state index contributed by atoms with van der Waals surface area (Å²) in [6.45, 7) is 4.24. The van der Waals surface area contributed by atoms with Crippen LogP contribution in [0.3, 0.4) is 0 Å². The highest BCUT2D eigenvalue weighted by Gasteiger charge is 2.07. The van der Waals surface area contributed by atoms with Crippen molar-refractivity contribution in [3.8, 4) is 0 Å². The van der Waals surface area contributed by atoms with Crippen LogP contribution in [0.25, 0.3) is 0 Å². The molecule has 1 nitrogen and oxygen atoms in total. The van der Waals surface area contributed by atoms with E-state index in [1.165, 1.54) is 0 Å². The van der Waals surface area contributed by atoms with E-state index >= 15 is 0 Å². The fourth-order valence-electron chi connectivity index (χ4n) is 0.455. The summed E-state index contributed by atoms with van der Waals surface area (Å²) < 4.78 is 0. The molecule has 50 valence electrons. The summed E-state index contributed by atoms with van der Waals surface area (Å²) >= 11 is 5.50. The van der Waals surface area contributed by atoms with Crippen LogP contribution < -0.4 is 5.73 Å². The minimum atomic E-state index is 0.182. The van der Waals surface area contributed by atoms with Crippen molar-refractivity contribution < 1.29 is 0 Å². The van der Waals surface area contributed by atoms with Gasteiger partial charge in [-0.3, -0.25) is 0 Å². The zero-order valence-electron chi connectivity index (χ0n) is 5.52. The number of hydrogen-bond donors (Lipinski definition) is 1. The van der Waals surface area contributed by atoms with Gasteiger partial charge in [-0.15, -0.1) is 11.6 Å². The second-order valence-corrected chi connectivity index (χ2v) is 2.51. The van der Waals surface area contributed by atoms with E-state index in [1.807, 2.05) is 0 Å². The van der Waals surface area contributed by atoms with Crippen LogP contribution in [0.4, 0.5) is 0 Å². The molecule has 0 aromatic heterocycles. The van der Waals surface area contributed by atoms with Gasteiger partial charge in [-0.25, -0.2) is 0 Å². The summed E-state index contributed by atoms with van der Waals surface area (Å²) in [5.74, 6) is 1.14. The molecular weight excluding hydrogens is 122 g/mol. The SMILES string of the molecule is CC[C@H](C)[C@@H](N)CCl.